The number of nitrogens with zero attached hydrogens (tertiary/aromatic N) is 2. The molecule has 19 heavy (non-hydrogen) atoms. The number of hydrogen-bond acceptors (Lipinski definition) is 5. The van der Waals surface area contributed by atoms with Crippen LogP contribution in [0.3, 0.4) is 0 Å². The molecule has 2 rings (SSSR count). The largest absolute Gasteiger partial charge is 0.467 e. The average Bonchev–Trinajstić information content (AvgIpc) is 2.80. The van der Waals surface area contributed by atoms with Crippen molar-refractivity contribution in [2.24, 2.45) is 0 Å². The lowest BCUT2D eigenvalue weighted by atomic mass is 10.2. The number of carbonyl (C=O) groups is 1. The molecule has 100 valence electrons. The first kappa shape index (κ1) is 13.8. The van der Waals surface area contributed by atoms with Crippen LogP contribution in [0.5, 0.6) is 6.01 Å². The van der Waals surface area contributed by atoms with Crippen molar-refractivity contribution < 1.29 is 9.53 Å². The fourth-order valence-corrected chi connectivity index (χ4v) is 2.51. The fraction of sp³-hybridized carbons (Fsp3) is 0.250. The highest BCUT2D eigenvalue weighted by Gasteiger charge is 2.14. The van der Waals surface area contributed by atoms with Gasteiger partial charge in [-0.15, -0.1) is 11.3 Å². The van der Waals surface area contributed by atoms with Crippen LogP contribution in [0.2, 0.25) is 4.34 Å². The Morgan fingerprint density at radius 1 is 1.32 bits per heavy atom. The number of methoxy groups -OCH3 is 1. The SMILES string of the molecule is COc1nc(C)c(NC(=O)c2ccc(Cl)s2)c(C)n1. The first-order chi connectivity index (χ1) is 9.01. The molecular weight excluding hydrogens is 286 g/mol. The minimum absolute atomic E-state index is 0.225. The predicted molar refractivity (Wildman–Crippen MR) is 75.3 cm³/mol. The van der Waals surface area contributed by atoms with Crippen molar-refractivity contribution in [1.82, 2.24) is 9.97 Å². The number of ether oxygens (including phenoxy) is 1. The third-order valence-corrected chi connectivity index (χ3v) is 3.70. The summed E-state index contributed by atoms with van der Waals surface area (Å²) in [5.74, 6) is -0.225. The molecule has 0 unspecified atom stereocenters. The molecule has 0 aliphatic heterocycles. The molecule has 7 heteroatoms. The summed E-state index contributed by atoms with van der Waals surface area (Å²) < 4.78 is 5.55. The summed E-state index contributed by atoms with van der Waals surface area (Å²) in [5.41, 5.74) is 1.90. The van der Waals surface area contributed by atoms with Crippen LogP contribution in [-0.2, 0) is 0 Å². The van der Waals surface area contributed by atoms with Gasteiger partial charge in [0.15, 0.2) is 0 Å². The van der Waals surface area contributed by atoms with E-state index in [9.17, 15) is 4.79 Å². The van der Waals surface area contributed by atoms with Gasteiger partial charge in [-0.25, -0.2) is 0 Å². The maximum atomic E-state index is 12.0. The van der Waals surface area contributed by atoms with E-state index in [4.69, 9.17) is 16.3 Å². The van der Waals surface area contributed by atoms with Gasteiger partial charge in [-0.2, -0.15) is 9.97 Å². The van der Waals surface area contributed by atoms with Gasteiger partial charge >= 0.3 is 6.01 Å². The van der Waals surface area contributed by atoms with Crippen LogP contribution < -0.4 is 10.1 Å². The van der Waals surface area contributed by atoms with Gasteiger partial charge in [0, 0.05) is 0 Å². The molecule has 0 fully saturated rings. The number of aromatic nitrogens is 2. The quantitative estimate of drug-likeness (QED) is 0.945. The molecule has 0 bridgehead atoms. The first-order valence-electron chi connectivity index (χ1n) is 5.47. The number of hydrogen-bond donors (Lipinski definition) is 1. The number of rotatable bonds is 3. The highest BCUT2D eigenvalue weighted by Crippen LogP contribution is 2.24. The van der Waals surface area contributed by atoms with E-state index in [1.165, 1.54) is 18.4 Å². The summed E-state index contributed by atoms with van der Waals surface area (Å²) in [5, 5.41) is 2.79. The van der Waals surface area contributed by atoms with Gasteiger partial charge in [-0.05, 0) is 26.0 Å². The molecule has 0 saturated carbocycles. The Bertz CT molecular complexity index is 604. The Morgan fingerprint density at radius 3 is 2.42 bits per heavy atom. The molecule has 0 aliphatic carbocycles. The second kappa shape index (κ2) is 5.54. The summed E-state index contributed by atoms with van der Waals surface area (Å²) in [6, 6.07) is 3.65. The monoisotopic (exact) mass is 297 g/mol. The molecule has 2 aromatic heterocycles. The molecule has 1 amide bonds. The topological polar surface area (TPSA) is 64.1 Å². The van der Waals surface area contributed by atoms with Gasteiger partial charge in [-0.3, -0.25) is 4.79 Å². The van der Waals surface area contributed by atoms with Crippen molar-refractivity contribution >= 4 is 34.5 Å². The highest BCUT2D eigenvalue weighted by molar-refractivity contribution is 7.18. The second-order valence-corrected chi connectivity index (χ2v) is 5.53. The van der Waals surface area contributed by atoms with Crippen molar-refractivity contribution in [3.63, 3.8) is 0 Å². The van der Waals surface area contributed by atoms with Crippen LogP contribution in [0.1, 0.15) is 21.1 Å². The van der Waals surface area contributed by atoms with Gasteiger partial charge in [0.2, 0.25) is 0 Å². The van der Waals surface area contributed by atoms with E-state index in [1.54, 1.807) is 26.0 Å². The standard InChI is InChI=1S/C12H12ClN3O2S/c1-6-10(7(2)15-12(14-6)18-3)16-11(17)8-4-5-9(13)19-8/h4-5H,1-3H3,(H,16,17). The molecular formula is C12H12ClN3O2S. The van der Waals surface area contributed by atoms with Gasteiger partial charge < -0.3 is 10.1 Å². The molecule has 0 aliphatic rings. The second-order valence-electron chi connectivity index (χ2n) is 3.81. The maximum absolute atomic E-state index is 12.0. The summed E-state index contributed by atoms with van der Waals surface area (Å²) >= 11 is 7.03. The van der Waals surface area contributed by atoms with Gasteiger partial charge in [-0.1, -0.05) is 11.6 Å². The van der Waals surface area contributed by atoms with E-state index in [0.717, 1.165) is 0 Å². The fourth-order valence-electron chi connectivity index (χ4n) is 1.57. The molecule has 1 N–H and O–H groups in total. The number of halogens is 1. The Hall–Kier alpha value is -1.66. The molecule has 0 aromatic carbocycles. The predicted octanol–water partition coefficient (Wildman–Crippen LogP) is 3.07. The van der Waals surface area contributed by atoms with E-state index in [0.29, 0.717) is 26.3 Å². The summed E-state index contributed by atoms with van der Waals surface area (Å²) in [6.07, 6.45) is 0. The highest BCUT2D eigenvalue weighted by atomic mass is 35.5. The summed E-state index contributed by atoms with van der Waals surface area (Å²) in [6.45, 7) is 3.57. The Labute approximate surface area is 119 Å². The first-order valence-corrected chi connectivity index (χ1v) is 6.66. The molecule has 0 atom stereocenters. The van der Waals surface area contributed by atoms with Gasteiger partial charge in [0.25, 0.3) is 5.91 Å². The number of carbonyl (C=O) groups excluding carboxylic acids is 1. The van der Waals surface area contributed by atoms with Crippen molar-refractivity contribution in [2.75, 3.05) is 12.4 Å². The van der Waals surface area contributed by atoms with E-state index in [-0.39, 0.29) is 11.9 Å². The third-order valence-electron chi connectivity index (χ3n) is 2.47. The molecule has 0 radical (unpaired) electrons. The van der Waals surface area contributed by atoms with Gasteiger partial charge in [0.05, 0.1) is 33.4 Å². The number of anilines is 1. The summed E-state index contributed by atoms with van der Waals surface area (Å²) in [7, 11) is 1.50. The van der Waals surface area contributed by atoms with Crippen LogP contribution in [0.4, 0.5) is 5.69 Å². The van der Waals surface area contributed by atoms with E-state index < -0.39 is 0 Å². The van der Waals surface area contributed by atoms with Crippen LogP contribution >= 0.6 is 22.9 Å². The van der Waals surface area contributed by atoms with Crippen molar-refractivity contribution in [3.05, 3.63) is 32.7 Å². The van der Waals surface area contributed by atoms with Crippen LogP contribution in [-0.4, -0.2) is 23.0 Å². The van der Waals surface area contributed by atoms with E-state index in [1.807, 2.05) is 0 Å². The average molecular weight is 298 g/mol. The molecule has 0 saturated heterocycles. The zero-order valence-electron chi connectivity index (χ0n) is 10.7. The normalized spacial score (nSPS) is 10.3. The van der Waals surface area contributed by atoms with Crippen molar-refractivity contribution in [1.29, 1.82) is 0 Å². The smallest absolute Gasteiger partial charge is 0.316 e. The molecule has 5 nitrogen and oxygen atoms in total. The van der Waals surface area contributed by atoms with Crippen LogP contribution in [0.25, 0.3) is 0 Å². The Balaban J connectivity index is 2.26. The number of aryl methyl sites for hydroxylation is 2. The lowest BCUT2D eigenvalue weighted by Gasteiger charge is -2.10. The number of nitrogens with one attached hydrogen (secondary N) is 1. The number of thiophene rings is 1. The summed E-state index contributed by atoms with van der Waals surface area (Å²) in [4.78, 5) is 20.8. The lowest BCUT2D eigenvalue weighted by molar-refractivity contribution is 0.103. The number of amides is 1. The molecule has 0 spiro atoms. The van der Waals surface area contributed by atoms with E-state index >= 15 is 0 Å². The van der Waals surface area contributed by atoms with Gasteiger partial charge in [0.1, 0.15) is 0 Å². The van der Waals surface area contributed by atoms with Crippen molar-refractivity contribution in [2.45, 2.75) is 13.8 Å². The Morgan fingerprint density at radius 2 is 1.95 bits per heavy atom. The van der Waals surface area contributed by atoms with Crippen LogP contribution in [0.15, 0.2) is 12.1 Å². The maximum Gasteiger partial charge on any atom is 0.316 e. The van der Waals surface area contributed by atoms with E-state index in [2.05, 4.69) is 15.3 Å². The Kier molecular flexibility index (Phi) is 4.01. The zero-order valence-corrected chi connectivity index (χ0v) is 12.2. The zero-order chi connectivity index (χ0) is 14.0. The lowest BCUT2D eigenvalue weighted by Crippen LogP contribution is -2.14. The minimum Gasteiger partial charge on any atom is -0.467 e. The van der Waals surface area contributed by atoms with Crippen molar-refractivity contribution in [3.8, 4) is 6.01 Å². The van der Waals surface area contributed by atoms with Crippen LogP contribution in [0, 0.1) is 13.8 Å². The minimum atomic E-state index is -0.225. The third kappa shape index (κ3) is 3.02. The molecule has 2 aromatic rings. The molecule has 2 heterocycles.